The van der Waals surface area contributed by atoms with E-state index in [-0.39, 0.29) is 11.6 Å². The van der Waals surface area contributed by atoms with E-state index in [9.17, 15) is 5.11 Å². The van der Waals surface area contributed by atoms with Crippen molar-refractivity contribution in [3.63, 3.8) is 0 Å². The third-order valence-electron chi connectivity index (χ3n) is 6.82. The maximum atomic E-state index is 10.0. The Bertz CT molecular complexity index is 1070. The van der Waals surface area contributed by atoms with Gasteiger partial charge in [-0.3, -0.25) is 0 Å². The van der Waals surface area contributed by atoms with E-state index in [1.807, 2.05) is 6.20 Å². The Labute approximate surface area is 204 Å². The van der Waals surface area contributed by atoms with Crippen molar-refractivity contribution >= 4 is 17.0 Å². The number of aliphatic hydroxyl groups excluding tert-OH is 1. The zero-order valence-electron chi connectivity index (χ0n) is 21.4. The van der Waals surface area contributed by atoms with Crippen LogP contribution in [0.15, 0.2) is 36.7 Å². The second-order valence-corrected chi connectivity index (χ2v) is 11.0. The number of anilines is 1. The molecular weight excluding hydrogens is 422 g/mol. The summed E-state index contributed by atoms with van der Waals surface area (Å²) in [7, 11) is 0. The Balaban J connectivity index is 1.67. The van der Waals surface area contributed by atoms with Crippen molar-refractivity contribution in [2.24, 2.45) is 0 Å². The van der Waals surface area contributed by atoms with Crippen LogP contribution in [0.5, 0.6) is 0 Å². The van der Waals surface area contributed by atoms with Crippen molar-refractivity contribution in [3.8, 4) is 11.1 Å². The molecule has 184 valence electrons. The van der Waals surface area contributed by atoms with Gasteiger partial charge < -0.3 is 20.3 Å². The second-order valence-electron chi connectivity index (χ2n) is 11.0. The monoisotopic (exact) mass is 463 g/mol. The van der Waals surface area contributed by atoms with Gasteiger partial charge in [-0.05, 0) is 70.9 Å². The van der Waals surface area contributed by atoms with E-state index in [4.69, 9.17) is 4.98 Å². The second kappa shape index (κ2) is 10.4. The van der Waals surface area contributed by atoms with Crippen LogP contribution >= 0.6 is 0 Å². The average Bonchev–Trinajstić information content (AvgIpc) is 3.17. The van der Waals surface area contributed by atoms with Crippen LogP contribution < -0.4 is 10.6 Å². The number of hydrogen-bond acceptors (Lipinski definition) is 5. The summed E-state index contributed by atoms with van der Waals surface area (Å²) in [5.74, 6) is 0.693. The van der Waals surface area contributed by atoms with Crippen LogP contribution in [0, 0.1) is 0 Å². The molecule has 3 aromatic rings. The number of rotatable bonds is 8. The van der Waals surface area contributed by atoms with Gasteiger partial charge >= 0.3 is 0 Å². The third kappa shape index (κ3) is 5.97. The lowest BCUT2D eigenvalue weighted by molar-refractivity contribution is 0.111. The summed E-state index contributed by atoms with van der Waals surface area (Å²) in [4.78, 5) is 9.65. The summed E-state index contributed by atoms with van der Waals surface area (Å²) in [5, 5.41) is 18.1. The van der Waals surface area contributed by atoms with Gasteiger partial charge in [0.2, 0.25) is 5.95 Å². The highest BCUT2D eigenvalue weighted by Gasteiger charge is 2.24. The van der Waals surface area contributed by atoms with Gasteiger partial charge in [-0.1, -0.05) is 37.6 Å². The van der Waals surface area contributed by atoms with Gasteiger partial charge in [-0.25, -0.2) is 4.98 Å². The quantitative estimate of drug-likeness (QED) is 0.378. The predicted molar refractivity (Wildman–Crippen MR) is 141 cm³/mol. The molecule has 1 saturated carbocycles. The van der Waals surface area contributed by atoms with Gasteiger partial charge in [0.05, 0.1) is 6.10 Å². The van der Waals surface area contributed by atoms with Crippen molar-refractivity contribution < 1.29 is 5.11 Å². The molecule has 6 heteroatoms. The summed E-state index contributed by atoms with van der Waals surface area (Å²) >= 11 is 0. The van der Waals surface area contributed by atoms with Gasteiger partial charge in [0.15, 0.2) is 0 Å². The minimum atomic E-state index is -0.173. The molecule has 34 heavy (non-hydrogen) atoms. The molecule has 3 N–H and O–H groups in total. The molecule has 4 rings (SSSR count). The van der Waals surface area contributed by atoms with Gasteiger partial charge in [0, 0.05) is 47.5 Å². The van der Waals surface area contributed by atoms with Crippen LogP contribution in [0.2, 0.25) is 0 Å². The van der Waals surface area contributed by atoms with Crippen molar-refractivity contribution in [3.05, 3.63) is 42.2 Å². The Hall–Kier alpha value is -2.44. The molecule has 6 nitrogen and oxygen atoms in total. The minimum Gasteiger partial charge on any atom is -0.393 e. The molecule has 1 fully saturated rings. The Morgan fingerprint density at radius 3 is 2.47 bits per heavy atom. The molecule has 2 aromatic heterocycles. The highest BCUT2D eigenvalue weighted by Crippen LogP contribution is 2.36. The summed E-state index contributed by atoms with van der Waals surface area (Å²) in [6.07, 6.45) is 9.91. The molecular formula is C28H41N5O. The summed E-state index contributed by atoms with van der Waals surface area (Å²) in [6, 6.07) is 9.52. The number of benzene rings is 1. The zero-order chi connectivity index (χ0) is 24.3. The molecule has 0 amide bonds. The maximum Gasteiger partial charge on any atom is 0.224 e. The molecule has 0 saturated heterocycles. The van der Waals surface area contributed by atoms with E-state index in [1.54, 1.807) is 0 Å². The first kappa shape index (κ1) is 24.7. The van der Waals surface area contributed by atoms with E-state index in [2.05, 4.69) is 85.3 Å². The Morgan fingerprint density at radius 1 is 1.12 bits per heavy atom. The summed E-state index contributed by atoms with van der Waals surface area (Å²) < 4.78 is 2.34. The molecule has 0 radical (unpaired) electrons. The lowest BCUT2D eigenvalue weighted by atomic mass is 9.93. The van der Waals surface area contributed by atoms with Crippen LogP contribution in [0.4, 0.5) is 5.95 Å². The molecule has 0 bridgehead atoms. The third-order valence-corrected chi connectivity index (χ3v) is 6.82. The fourth-order valence-electron chi connectivity index (χ4n) is 4.84. The molecule has 2 heterocycles. The SMILES string of the molecule is CCCC(C)Nc1ncc2c(-c3ccc(CNC(C)(C)C)cc3)cn(C3CCC(O)CC3)c2n1. The summed E-state index contributed by atoms with van der Waals surface area (Å²) in [6.45, 7) is 11.8. The number of hydrogen-bond donors (Lipinski definition) is 3. The summed E-state index contributed by atoms with van der Waals surface area (Å²) in [5.41, 5.74) is 4.71. The number of nitrogens with zero attached hydrogens (tertiary/aromatic N) is 3. The largest absolute Gasteiger partial charge is 0.393 e. The molecule has 0 aliphatic heterocycles. The first-order valence-corrected chi connectivity index (χ1v) is 12.9. The van der Waals surface area contributed by atoms with E-state index >= 15 is 0 Å². The molecule has 1 unspecified atom stereocenters. The fraction of sp³-hybridized carbons (Fsp3) is 0.571. The first-order valence-electron chi connectivity index (χ1n) is 12.9. The van der Waals surface area contributed by atoms with Gasteiger partial charge in [0.1, 0.15) is 5.65 Å². The Kier molecular flexibility index (Phi) is 7.58. The van der Waals surface area contributed by atoms with Crippen molar-refractivity contribution in [1.82, 2.24) is 19.9 Å². The van der Waals surface area contributed by atoms with E-state index < -0.39 is 0 Å². The van der Waals surface area contributed by atoms with Crippen LogP contribution in [0.25, 0.3) is 22.2 Å². The maximum absolute atomic E-state index is 10.0. The fourth-order valence-corrected chi connectivity index (χ4v) is 4.84. The number of aliphatic hydroxyl groups is 1. The number of nitrogens with one attached hydrogen (secondary N) is 2. The van der Waals surface area contributed by atoms with Crippen LogP contribution in [-0.2, 0) is 6.54 Å². The van der Waals surface area contributed by atoms with Crippen molar-refractivity contribution in [1.29, 1.82) is 0 Å². The van der Waals surface area contributed by atoms with E-state index in [0.717, 1.165) is 56.1 Å². The zero-order valence-corrected chi connectivity index (χ0v) is 21.4. The number of fused-ring (bicyclic) bond motifs is 1. The predicted octanol–water partition coefficient (Wildman–Crippen LogP) is 6.06. The van der Waals surface area contributed by atoms with Gasteiger partial charge in [-0.2, -0.15) is 4.98 Å². The molecule has 0 spiro atoms. The van der Waals surface area contributed by atoms with E-state index in [0.29, 0.717) is 18.0 Å². The highest BCUT2D eigenvalue weighted by atomic mass is 16.3. The Morgan fingerprint density at radius 2 is 1.82 bits per heavy atom. The highest BCUT2D eigenvalue weighted by molar-refractivity contribution is 5.94. The van der Waals surface area contributed by atoms with Gasteiger partial charge in [-0.15, -0.1) is 0 Å². The molecule has 1 atom stereocenters. The standard InChI is InChI=1S/C28H41N5O/c1-6-7-19(2)31-27-29-17-24-25(21-10-8-20(9-11-21)16-30-28(3,4)5)18-33(26(24)32-27)22-12-14-23(34)15-13-22/h8-11,17-19,22-23,30,34H,6-7,12-16H2,1-5H3,(H,29,31,32). The van der Waals surface area contributed by atoms with Crippen molar-refractivity contribution in [2.45, 2.75) is 103 Å². The minimum absolute atomic E-state index is 0.0946. The average molecular weight is 464 g/mol. The van der Waals surface area contributed by atoms with Crippen molar-refractivity contribution in [2.75, 3.05) is 5.32 Å². The topological polar surface area (TPSA) is 75.0 Å². The van der Waals surface area contributed by atoms with Gasteiger partial charge in [0.25, 0.3) is 0 Å². The molecule has 1 aromatic carbocycles. The lowest BCUT2D eigenvalue weighted by Crippen LogP contribution is -2.35. The smallest absolute Gasteiger partial charge is 0.224 e. The number of aromatic nitrogens is 3. The van der Waals surface area contributed by atoms with Crippen LogP contribution in [-0.4, -0.2) is 37.3 Å². The molecule has 1 aliphatic rings. The lowest BCUT2D eigenvalue weighted by Gasteiger charge is -2.27. The van der Waals surface area contributed by atoms with Crippen LogP contribution in [0.1, 0.15) is 84.7 Å². The van der Waals surface area contributed by atoms with Crippen LogP contribution in [0.3, 0.4) is 0 Å². The first-order chi connectivity index (χ1) is 16.2. The normalized spacial score (nSPS) is 19.9. The van der Waals surface area contributed by atoms with E-state index in [1.165, 1.54) is 16.7 Å². The molecule has 1 aliphatic carbocycles.